The Hall–Kier alpha value is -8.48. The van der Waals surface area contributed by atoms with Gasteiger partial charge in [0.15, 0.2) is 0 Å². The van der Waals surface area contributed by atoms with E-state index in [9.17, 15) is 74.1 Å². The monoisotopic (exact) mass is 1070 g/mol. The van der Waals surface area contributed by atoms with Crippen LogP contribution in [0.15, 0.2) is 138 Å². The molecule has 0 aliphatic rings. The van der Waals surface area contributed by atoms with Gasteiger partial charge < -0.3 is 21.3 Å². The van der Waals surface area contributed by atoms with E-state index in [2.05, 4.69) is 21.3 Å². The summed E-state index contributed by atoms with van der Waals surface area (Å²) in [5, 5.41) is 28.3. The second-order valence-electron chi connectivity index (χ2n) is 16.3. The molecule has 2 atom stereocenters. The highest BCUT2D eigenvalue weighted by atomic mass is 32.2. The molecule has 0 bridgehead atoms. The van der Waals surface area contributed by atoms with Crippen LogP contribution in [0.3, 0.4) is 0 Å². The van der Waals surface area contributed by atoms with Gasteiger partial charge in [0.2, 0.25) is 11.8 Å². The molecule has 0 saturated carbocycles. The molecule has 2 aromatic heterocycles. The Morgan fingerprint density at radius 1 is 0.533 bits per heavy atom. The van der Waals surface area contributed by atoms with Gasteiger partial charge in [-0.25, -0.2) is 8.42 Å². The van der Waals surface area contributed by atoms with Crippen molar-refractivity contribution >= 4 is 45.2 Å². The summed E-state index contributed by atoms with van der Waals surface area (Å²) < 4.78 is 111. The zero-order valence-electron chi connectivity index (χ0n) is 39.5. The predicted molar refractivity (Wildman–Crippen MR) is 260 cm³/mol. The Morgan fingerprint density at radius 2 is 0.880 bits per heavy atom. The number of hydrogen-bond acceptors (Lipinski definition) is 10. The highest BCUT2D eigenvalue weighted by molar-refractivity contribution is 7.85. The van der Waals surface area contributed by atoms with E-state index in [1.807, 2.05) is 12.1 Å². The van der Waals surface area contributed by atoms with Crippen LogP contribution in [0.25, 0.3) is 11.4 Å². The molecule has 4 aromatic carbocycles. The number of aromatic nitrogens is 2. The third-order valence-electron chi connectivity index (χ3n) is 11.2. The molecule has 24 heteroatoms. The minimum atomic E-state index is -4.78. The first kappa shape index (κ1) is 55.8. The van der Waals surface area contributed by atoms with E-state index in [0.29, 0.717) is 12.1 Å². The smallest absolute Gasteiger partial charge is 0.356 e. The van der Waals surface area contributed by atoms with E-state index < -0.39 is 97.4 Å². The number of amides is 4. The summed E-state index contributed by atoms with van der Waals surface area (Å²) in [6.07, 6.45) is -10.0. The highest BCUT2D eigenvalue weighted by Gasteiger charge is 2.33. The van der Waals surface area contributed by atoms with Crippen molar-refractivity contribution in [3.63, 3.8) is 0 Å². The average molecular weight is 1070 g/mol. The molecular weight excluding hydrogens is 1030 g/mol. The van der Waals surface area contributed by atoms with Crippen molar-refractivity contribution < 1.29 is 53.9 Å². The minimum Gasteiger partial charge on any atom is -0.356 e. The molecule has 0 aliphatic carbocycles. The largest absolute Gasteiger partial charge is 0.416 e. The molecule has 2 unspecified atom stereocenters. The zero-order valence-corrected chi connectivity index (χ0v) is 41.1. The highest BCUT2D eigenvalue weighted by Crippen LogP contribution is 2.33. The molecule has 388 valence electrons. The van der Waals surface area contributed by atoms with Gasteiger partial charge in [-0.15, -0.1) is 0 Å². The van der Waals surface area contributed by atoms with E-state index in [1.54, 1.807) is 0 Å². The number of rotatable bonds is 18. The fraction of sp³-hybridized carbons (Fsp3) is 0.216. The van der Waals surface area contributed by atoms with Crippen molar-refractivity contribution in [2.75, 3.05) is 26.2 Å². The molecule has 4 N–H and O–H groups in total. The number of carbonyl (C=O) groups is 4. The van der Waals surface area contributed by atoms with Gasteiger partial charge in [-0.1, -0.05) is 12.1 Å². The molecule has 0 fully saturated rings. The lowest BCUT2D eigenvalue weighted by molar-refractivity contribution is -0.138. The molecule has 6 rings (SSSR count). The third-order valence-corrected chi connectivity index (χ3v) is 14.2. The quantitative estimate of drug-likeness (QED) is 0.0427. The summed E-state index contributed by atoms with van der Waals surface area (Å²) in [6.45, 7) is 2.31. The van der Waals surface area contributed by atoms with Gasteiger partial charge in [-0.3, -0.25) is 37.9 Å². The van der Waals surface area contributed by atoms with E-state index in [-0.39, 0.29) is 92.5 Å². The number of nitrogens with zero attached hydrogens (tertiary/aromatic N) is 4. The van der Waals surface area contributed by atoms with E-state index in [1.165, 1.54) is 74.5 Å². The van der Waals surface area contributed by atoms with E-state index in [4.69, 9.17) is 0 Å². The molecule has 0 aliphatic heterocycles. The van der Waals surface area contributed by atoms with Crippen LogP contribution in [0.4, 0.5) is 26.3 Å². The van der Waals surface area contributed by atoms with Crippen molar-refractivity contribution in [2.45, 2.75) is 65.0 Å². The van der Waals surface area contributed by atoms with Gasteiger partial charge in [0.25, 0.3) is 22.9 Å². The Kier molecular flexibility index (Phi) is 17.9. The lowest BCUT2D eigenvalue weighted by Gasteiger charge is -2.18. The maximum atomic E-state index is 13.8. The van der Waals surface area contributed by atoms with Gasteiger partial charge in [0.1, 0.15) is 17.5 Å². The third kappa shape index (κ3) is 13.6. The van der Waals surface area contributed by atoms with Crippen molar-refractivity contribution in [1.29, 1.82) is 10.5 Å². The van der Waals surface area contributed by atoms with Crippen LogP contribution in [0.1, 0.15) is 73.6 Å². The minimum absolute atomic E-state index is 0.0167. The lowest BCUT2D eigenvalue weighted by Crippen LogP contribution is -2.37. The van der Waals surface area contributed by atoms with Crippen LogP contribution in [0.2, 0.25) is 0 Å². The van der Waals surface area contributed by atoms with Crippen LogP contribution in [0.5, 0.6) is 0 Å². The van der Waals surface area contributed by atoms with Gasteiger partial charge in [-0.05, 0) is 124 Å². The molecule has 6 aromatic rings. The van der Waals surface area contributed by atoms with Crippen molar-refractivity contribution in [1.82, 2.24) is 30.4 Å². The van der Waals surface area contributed by atoms with Crippen molar-refractivity contribution in [2.24, 2.45) is 0 Å². The van der Waals surface area contributed by atoms with Crippen LogP contribution in [0, 0.1) is 36.5 Å². The molecule has 4 amide bonds. The predicted octanol–water partition coefficient (Wildman–Crippen LogP) is 6.28. The number of alkyl halides is 6. The number of nitrogens with one attached hydrogen (secondary N) is 4. The summed E-state index contributed by atoms with van der Waals surface area (Å²) in [4.78, 5) is 79.8. The number of carbonyl (C=O) groups excluding carboxylic acids is 4. The lowest BCUT2D eigenvalue weighted by atomic mass is 10.1. The van der Waals surface area contributed by atoms with Crippen LogP contribution >= 0.6 is 0 Å². The Labute approximate surface area is 427 Å². The topological polar surface area (TPSA) is 242 Å². The first-order valence-corrected chi connectivity index (χ1v) is 24.7. The molecule has 0 radical (unpaired) electrons. The first-order valence-electron chi connectivity index (χ1n) is 22.4. The van der Waals surface area contributed by atoms with Crippen molar-refractivity contribution in [3.05, 3.63) is 175 Å². The van der Waals surface area contributed by atoms with Crippen molar-refractivity contribution in [3.8, 4) is 23.5 Å². The maximum Gasteiger partial charge on any atom is 0.416 e. The Morgan fingerprint density at radius 3 is 1.21 bits per heavy atom. The number of hydrogen-bond donors (Lipinski definition) is 4. The fourth-order valence-corrected chi connectivity index (χ4v) is 9.83. The molecular formula is C51H42F6N8O8S2. The van der Waals surface area contributed by atoms with Gasteiger partial charge in [0, 0.05) is 58.7 Å². The molecule has 0 saturated heterocycles. The molecule has 0 spiro atoms. The normalized spacial score (nSPS) is 12.1. The summed E-state index contributed by atoms with van der Waals surface area (Å²) in [5.41, 5.74) is -5.29. The van der Waals surface area contributed by atoms with Crippen LogP contribution in [-0.4, -0.2) is 67.4 Å². The zero-order chi connectivity index (χ0) is 54.8. The Bertz CT molecular complexity index is 3230. The van der Waals surface area contributed by atoms with E-state index in [0.717, 1.165) is 45.5 Å². The summed E-state index contributed by atoms with van der Waals surface area (Å²) in [5.74, 6) is -3.36. The summed E-state index contributed by atoms with van der Waals surface area (Å²) >= 11 is 0. The summed E-state index contributed by atoms with van der Waals surface area (Å²) in [7, 11) is -4.16. The molecule has 16 nitrogen and oxygen atoms in total. The van der Waals surface area contributed by atoms with Gasteiger partial charge in [-0.2, -0.15) is 36.9 Å². The molecule has 75 heavy (non-hydrogen) atoms. The van der Waals surface area contributed by atoms with Crippen LogP contribution in [-0.2, 0) is 43.5 Å². The van der Waals surface area contributed by atoms with Crippen LogP contribution < -0.4 is 32.4 Å². The number of nitriles is 2. The second kappa shape index (κ2) is 24.0. The fourth-order valence-electron chi connectivity index (χ4n) is 7.38. The second-order valence-corrected chi connectivity index (χ2v) is 19.2. The number of halogens is 6. The van der Waals surface area contributed by atoms with Gasteiger partial charge in [0.05, 0.1) is 65.8 Å². The number of pyridine rings is 2. The standard InChI is InChI=1S/C51H42F6N8O8S2/c1-30-42(74(72)38-15-11-32(28-58)12-16-38)25-40(48(70)64(30)36-9-3-7-34(23-36)50(52,53)54)46(68)62-21-5-19-60-44(66)27-45(67)61-20-6-22-63-47(69)41-26-43(75(73)39-17-13-33(29-59)14-18-39)31(2)65(49(41)71)37-10-4-8-35(24-37)51(55,56)57/h3-4,7-18,23-26H,5-6,19-22,27H2,1-2H3,(H,60,66)(H,61,67)(H,62,68)(H,63,69). The maximum absolute atomic E-state index is 13.8. The first-order chi connectivity index (χ1) is 35.5. The average Bonchev–Trinajstić information content (AvgIpc) is 3.37. The Balaban J connectivity index is 1.03. The summed E-state index contributed by atoms with van der Waals surface area (Å²) in [6, 6.07) is 24.8. The SMILES string of the molecule is Cc1c(S(=O)c2ccc(C#N)cc2)cc(C(=O)NCCCNC(=O)CC(=O)NCCCNC(=O)c2cc(S(=O)c3ccc(C#N)cc3)c(C)n(-c3cccc(C(F)(F)F)c3)c2=O)c(=O)n1-c1cccc(C(F)(F)F)c1. The van der Waals surface area contributed by atoms with E-state index >= 15 is 0 Å². The number of benzene rings is 4. The van der Waals surface area contributed by atoms with Gasteiger partial charge >= 0.3 is 12.4 Å². The molecule has 2 heterocycles.